The minimum Gasteiger partial charge on any atom is -0.481 e. The van der Waals surface area contributed by atoms with Crippen LogP contribution in [0.3, 0.4) is 0 Å². The second-order valence-electron chi connectivity index (χ2n) is 10.2. The Morgan fingerprint density at radius 1 is 1.16 bits per heavy atom. The third-order valence-corrected chi connectivity index (χ3v) is 7.94. The van der Waals surface area contributed by atoms with Crippen LogP contribution in [0.4, 0.5) is 4.39 Å². The predicted octanol–water partition coefficient (Wildman–Crippen LogP) is 4.16. The van der Waals surface area contributed by atoms with Gasteiger partial charge in [-0.15, -0.1) is 0 Å². The maximum absolute atomic E-state index is 15.7. The molecule has 0 spiro atoms. The molecule has 0 unspecified atom stereocenters. The van der Waals surface area contributed by atoms with Crippen molar-refractivity contribution in [3.63, 3.8) is 0 Å². The number of fused-ring (bicyclic) bond motifs is 3. The van der Waals surface area contributed by atoms with Gasteiger partial charge in [-0.25, -0.2) is 14.1 Å². The van der Waals surface area contributed by atoms with Gasteiger partial charge in [-0.3, -0.25) is 4.98 Å². The lowest BCUT2D eigenvalue weighted by molar-refractivity contribution is 0.0548. The minimum absolute atomic E-state index is 0. The summed E-state index contributed by atoms with van der Waals surface area (Å²) in [7, 11) is 6.62. The Morgan fingerprint density at radius 3 is 2.63 bits per heavy atom. The fourth-order valence-corrected chi connectivity index (χ4v) is 5.94. The molecule has 1 atom stereocenters. The molecule has 1 saturated heterocycles. The van der Waals surface area contributed by atoms with Crippen molar-refractivity contribution in [1.82, 2.24) is 41.0 Å². The largest absolute Gasteiger partial charge is 0.481 e. The van der Waals surface area contributed by atoms with Crippen molar-refractivity contribution in [2.45, 2.75) is 18.9 Å². The van der Waals surface area contributed by atoms with Crippen molar-refractivity contribution in [3.05, 3.63) is 71.5 Å². The van der Waals surface area contributed by atoms with Gasteiger partial charge >= 0.3 is 0 Å². The Hall–Kier alpha value is -4.75. The number of hydrogen-bond donors (Lipinski definition) is 3. The van der Waals surface area contributed by atoms with Crippen molar-refractivity contribution in [2.24, 2.45) is 18.7 Å². The summed E-state index contributed by atoms with van der Waals surface area (Å²) < 4.78 is 36.0. The summed E-state index contributed by atoms with van der Waals surface area (Å²) in [5, 5.41) is 12.2. The van der Waals surface area contributed by atoms with Gasteiger partial charge in [-0.2, -0.15) is 0 Å². The van der Waals surface area contributed by atoms with Crippen LogP contribution in [0.1, 0.15) is 30.0 Å². The maximum Gasteiger partial charge on any atom is 0.262 e. The van der Waals surface area contributed by atoms with Gasteiger partial charge in [-0.05, 0) is 43.0 Å². The average Bonchev–Trinajstić information content (AvgIpc) is 3.55. The second-order valence-corrected chi connectivity index (χ2v) is 10.2. The standard InChI is InChI=1S/C30H33FN8O3.H3N/c1-33-24(28(32)40-3)18-15-23-25(34-16-18)20-9-10-22(27-30(41-4)36-37-38(27)2)35-29(20)39(23)26(17-11-13-42-14-12-17)19-7-5-6-8-21(19)31;/h5-10,15-17,26,33H,11-14,32H2,1-4H3;1H3/b28-24+;/t26-;/m0./s1. The highest BCUT2D eigenvalue weighted by atomic mass is 19.1. The van der Waals surface area contributed by atoms with Crippen molar-refractivity contribution >= 4 is 27.8 Å². The van der Waals surface area contributed by atoms with Crippen LogP contribution in [0.5, 0.6) is 5.88 Å². The molecule has 4 aromatic heterocycles. The molecule has 0 saturated carbocycles. The zero-order chi connectivity index (χ0) is 29.4. The molecule has 1 aromatic carbocycles. The fraction of sp³-hybridized carbons (Fsp3) is 0.333. The van der Waals surface area contributed by atoms with Crippen LogP contribution in [-0.2, 0) is 16.5 Å². The second kappa shape index (κ2) is 12.2. The first-order valence-corrected chi connectivity index (χ1v) is 13.8. The molecule has 12 nitrogen and oxygen atoms in total. The van der Waals surface area contributed by atoms with E-state index in [9.17, 15) is 0 Å². The molecule has 0 amide bonds. The fourth-order valence-electron chi connectivity index (χ4n) is 5.94. The quantitative estimate of drug-likeness (QED) is 0.224. The van der Waals surface area contributed by atoms with E-state index in [4.69, 9.17) is 29.9 Å². The van der Waals surface area contributed by atoms with Crippen molar-refractivity contribution in [2.75, 3.05) is 34.5 Å². The van der Waals surface area contributed by atoms with Crippen LogP contribution in [0.25, 0.3) is 39.2 Å². The van der Waals surface area contributed by atoms with Gasteiger partial charge < -0.3 is 36.0 Å². The van der Waals surface area contributed by atoms with E-state index in [2.05, 4.69) is 20.2 Å². The first-order valence-electron chi connectivity index (χ1n) is 13.8. The summed E-state index contributed by atoms with van der Waals surface area (Å²) in [6.45, 7) is 1.20. The molecular formula is C30H36FN9O3. The molecule has 5 heterocycles. The summed E-state index contributed by atoms with van der Waals surface area (Å²) >= 11 is 0. The van der Waals surface area contributed by atoms with Crippen LogP contribution in [-0.4, -0.2) is 64.0 Å². The Bertz CT molecular complexity index is 1790. The summed E-state index contributed by atoms with van der Waals surface area (Å²) in [5.74, 6) is 0.398. The third kappa shape index (κ3) is 5.10. The summed E-state index contributed by atoms with van der Waals surface area (Å²) in [5.41, 5.74) is 11.5. The highest BCUT2D eigenvalue weighted by molar-refractivity contribution is 6.05. The van der Waals surface area contributed by atoms with Crippen LogP contribution < -0.4 is 21.9 Å². The number of nitrogens with zero attached hydrogens (tertiary/aromatic N) is 6. The molecule has 226 valence electrons. The van der Waals surface area contributed by atoms with E-state index in [0.717, 1.165) is 34.8 Å². The number of nitrogens with one attached hydrogen (secondary N) is 1. The number of aryl methyl sites for hydroxylation is 1. The lowest BCUT2D eigenvalue weighted by Crippen LogP contribution is -2.27. The number of aromatic nitrogens is 6. The molecule has 0 radical (unpaired) electrons. The highest BCUT2D eigenvalue weighted by Crippen LogP contribution is 2.41. The lowest BCUT2D eigenvalue weighted by atomic mass is 9.86. The van der Waals surface area contributed by atoms with E-state index >= 15 is 4.39 Å². The molecule has 0 bridgehead atoms. The number of methoxy groups -OCH3 is 2. The maximum atomic E-state index is 15.7. The topological polar surface area (TPSA) is 162 Å². The van der Waals surface area contributed by atoms with E-state index in [0.29, 0.717) is 47.4 Å². The predicted molar refractivity (Wildman–Crippen MR) is 162 cm³/mol. The lowest BCUT2D eigenvalue weighted by Gasteiger charge is -2.33. The minimum atomic E-state index is -0.386. The number of nitrogens with two attached hydrogens (primary N) is 1. The van der Waals surface area contributed by atoms with Crippen LogP contribution in [0.15, 0.2) is 54.5 Å². The highest BCUT2D eigenvalue weighted by Gasteiger charge is 2.33. The van der Waals surface area contributed by atoms with Gasteiger partial charge in [0.25, 0.3) is 5.88 Å². The molecule has 1 aliphatic rings. The van der Waals surface area contributed by atoms with E-state index < -0.39 is 0 Å². The Labute approximate surface area is 248 Å². The monoisotopic (exact) mass is 589 g/mol. The SMILES string of the molecule is CN/C(=C(\N)OC)c1cnc2c3ccc(-c4c(OC)nnn4C)nc3n([C@H](c3ccccc3F)C3CCOCC3)c2c1.N. The van der Waals surface area contributed by atoms with Crippen LogP contribution in [0.2, 0.25) is 0 Å². The van der Waals surface area contributed by atoms with Crippen molar-refractivity contribution in [3.8, 4) is 17.3 Å². The Kier molecular flexibility index (Phi) is 8.46. The number of hydrogen-bond acceptors (Lipinski definition) is 10. The van der Waals surface area contributed by atoms with Crippen LogP contribution in [0, 0.1) is 11.7 Å². The molecular weight excluding hydrogens is 553 g/mol. The number of ether oxygens (including phenoxy) is 3. The molecule has 1 fully saturated rings. The molecule has 6 rings (SSSR count). The van der Waals surface area contributed by atoms with Gasteiger partial charge in [0.05, 0.1) is 37.0 Å². The normalized spacial score (nSPS) is 15.2. The van der Waals surface area contributed by atoms with Crippen molar-refractivity contribution < 1.29 is 18.6 Å². The summed E-state index contributed by atoms with van der Waals surface area (Å²) in [6, 6.07) is 12.4. The number of halogens is 1. The number of pyridine rings is 2. The summed E-state index contributed by atoms with van der Waals surface area (Å²) in [4.78, 5) is 10.0. The average molecular weight is 590 g/mol. The molecule has 5 aromatic rings. The van der Waals surface area contributed by atoms with Gasteiger partial charge in [0.1, 0.15) is 17.2 Å². The molecule has 1 aliphatic heterocycles. The molecule has 6 N–H and O–H groups in total. The van der Waals surface area contributed by atoms with Crippen molar-refractivity contribution in [1.29, 1.82) is 0 Å². The molecule has 0 aliphatic carbocycles. The van der Waals surface area contributed by atoms with Gasteiger partial charge in [0.2, 0.25) is 5.88 Å². The first-order chi connectivity index (χ1) is 20.5. The molecule has 43 heavy (non-hydrogen) atoms. The zero-order valence-electron chi connectivity index (χ0n) is 24.7. The van der Waals surface area contributed by atoms with E-state index in [1.807, 2.05) is 30.3 Å². The number of rotatable bonds is 8. The van der Waals surface area contributed by atoms with E-state index in [-0.39, 0.29) is 29.8 Å². The first kappa shape index (κ1) is 29.7. The van der Waals surface area contributed by atoms with E-state index in [1.54, 1.807) is 38.2 Å². The van der Waals surface area contributed by atoms with Gasteiger partial charge in [0, 0.05) is 50.0 Å². The number of benzene rings is 1. The summed E-state index contributed by atoms with van der Waals surface area (Å²) in [6.07, 6.45) is 3.29. The zero-order valence-corrected chi connectivity index (χ0v) is 24.7. The van der Waals surface area contributed by atoms with Gasteiger partial charge in [-0.1, -0.05) is 28.5 Å². The van der Waals surface area contributed by atoms with Gasteiger partial charge in [0.15, 0.2) is 5.69 Å². The Balaban J connectivity index is 0.00000368. The van der Waals surface area contributed by atoms with E-state index in [1.165, 1.54) is 13.2 Å². The molecule has 13 heteroatoms. The van der Waals surface area contributed by atoms with Crippen LogP contribution >= 0.6 is 0 Å². The third-order valence-electron chi connectivity index (χ3n) is 7.94. The Morgan fingerprint density at radius 2 is 1.93 bits per heavy atom. The smallest absolute Gasteiger partial charge is 0.262 e.